The molecule has 3 aliphatic carbocycles. The van der Waals surface area contributed by atoms with Crippen molar-refractivity contribution in [1.82, 2.24) is 0 Å². The van der Waals surface area contributed by atoms with Gasteiger partial charge in [0.15, 0.2) is 0 Å². The van der Waals surface area contributed by atoms with E-state index in [1.807, 2.05) is 13.0 Å². The number of halogens is 6. The zero-order valence-corrected chi connectivity index (χ0v) is 21.5. The quantitative estimate of drug-likeness (QED) is 0.269. The topological polar surface area (TPSA) is 40.5 Å². The van der Waals surface area contributed by atoms with Gasteiger partial charge in [0, 0.05) is 0 Å². The Morgan fingerprint density at radius 1 is 1.11 bits per heavy atom. The van der Waals surface area contributed by atoms with E-state index in [-0.39, 0.29) is 41.6 Å². The molecule has 0 bridgehead atoms. The lowest BCUT2D eigenvalue weighted by molar-refractivity contribution is -0.347. The fourth-order valence-corrected chi connectivity index (χ4v) is 6.88. The summed E-state index contributed by atoms with van der Waals surface area (Å²) in [6, 6.07) is 0. The predicted molar refractivity (Wildman–Crippen MR) is 132 cm³/mol. The fourth-order valence-electron chi connectivity index (χ4n) is 6.88. The lowest BCUT2D eigenvalue weighted by Crippen LogP contribution is -2.55. The minimum atomic E-state index is -5.85. The van der Waals surface area contributed by atoms with Gasteiger partial charge in [-0.15, -0.1) is 6.58 Å². The van der Waals surface area contributed by atoms with Crippen LogP contribution in [-0.4, -0.2) is 34.3 Å². The first kappa shape index (κ1) is 29.8. The largest absolute Gasteiger partial charge is 0.429 e. The number of hydrogen-bond donors (Lipinski definition) is 2. The lowest BCUT2D eigenvalue weighted by Gasteiger charge is -2.44. The van der Waals surface area contributed by atoms with Crippen molar-refractivity contribution in [1.29, 1.82) is 0 Å². The molecule has 0 aromatic heterocycles. The molecule has 3 aliphatic rings. The molecule has 0 amide bonds. The SMILES string of the molecule is C=C[C@@H]1C/C(=C/C=C2\CCC[C@@]3(C)C2CC[C@@H]3[C@@H](C)C/C=C\C(O)(C(F)(F)F)C(F)(F)F)C(=C)[C@@H](O)C1. The minimum absolute atomic E-state index is 0.0190. The highest BCUT2D eigenvalue weighted by molar-refractivity contribution is 5.39. The Hall–Kier alpha value is -1.80. The van der Waals surface area contributed by atoms with E-state index in [0.29, 0.717) is 6.42 Å². The van der Waals surface area contributed by atoms with Crippen LogP contribution in [0.2, 0.25) is 0 Å². The maximum Gasteiger partial charge on any atom is 0.429 e. The molecule has 6 atom stereocenters. The molecular formula is C29H38F6O2. The van der Waals surface area contributed by atoms with Gasteiger partial charge in [0.25, 0.3) is 5.60 Å². The standard InChI is InChI=1S/C29H38F6O2/c1-5-20-16-22(19(3)25(36)17-20)11-10-21-9-7-14-26(4)23(12-13-24(21)26)18(2)8-6-15-27(37,28(30,31)32)29(33,34)35/h5-6,10-11,15,18,20,23-25,36-37H,1,3,7-9,12-14,16-17H2,2,4H3/b15-6-,21-10+,22-11-/t18-,20+,23+,24?,25-,26+/m0/s1. The number of allylic oxidation sites excluding steroid dienone is 5. The molecule has 208 valence electrons. The van der Waals surface area contributed by atoms with E-state index in [9.17, 15) is 36.6 Å². The number of hydrogen-bond acceptors (Lipinski definition) is 2. The summed E-state index contributed by atoms with van der Waals surface area (Å²) in [7, 11) is 0. The van der Waals surface area contributed by atoms with Crippen molar-refractivity contribution >= 4 is 0 Å². The molecule has 3 saturated carbocycles. The van der Waals surface area contributed by atoms with Crippen LogP contribution in [-0.2, 0) is 0 Å². The number of alkyl halides is 6. The normalized spacial score (nSPS) is 34.8. The highest BCUT2D eigenvalue weighted by atomic mass is 19.4. The van der Waals surface area contributed by atoms with E-state index in [1.165, 1.54) is 5.57 Å². The summed E-state index contributed by atoms with van der Waals surface area (Å²) in [6.07, 6.45) is 0.481. The van der Waals surface area contributed by atoms with Crippen molar-refractivity contribution in [2.45, 2.75) is 89.3 Å². The van der Waals surface area contributed by atoms with E-state index in [4.69, 9.17) is 0 Å². The number of aliphatic hydroxyl groups is 2. The monoisotopic (exact) mass is 532 g/mol. The van der Waals surface area contributed by atoms with Crippen LogP contribution in [0.4, 0.5) is 26.3 Å². The highest BCUT2D eigenvalue weighted by Crippen LogP contribution is 2.60. The molecule has 8 heteroatoms. The van der Waals surface area contributed by atoms with Gasteiger partial charge in [-0.1, -0.05) is 50.3 Å². The zero-order valence-electron chi connectivity index (χ0n) is 21.5. The Bertz CT molecular complexity index is 942. The third-order valence-corrected chi connectivity index (χ3v) is 9.11. The second-order valence-electron chi connectivity index (χ2n) is 11.4. The van der Waals surface area contributed by atoms with Crippen LogP contribution >= 0.6 is 0 Å². The molecule has 1 unspecified atom stereocenters. The van der Waals surface area contributed by atoms with Crippen LogP contribution in [0.5, 0.6) is 0 Å². The minimum Gasteiger partial charge on any atom is -0.388 e. The van der Waals surface area contributed by atoms with Crippen molar-refractivity contribution in [3.8, 4) is 0 Å². The average molecular weight is 533 g/mol. The van der Waals surface area contributed by atoms with E-state index in [2.05, 4.69) is 32.2 Å². The molecule has 0 spiro atoms. The van der Waals surface area contributed by atoms with Crippen LogP contribution < -0.4 is 0 Å². The molecule has 0 saturated heterocycles. The molecule has 3 fully saturated rings. The van der Waals surface area contributed by atoms with Crippen LogP contribution in [0.3, 0.4) is 0 Å². The van der Waals surface area contributed by atoms with Crippen LogP contribution in [0.25, 0.3) is 0 Å². The van der Waals surface area contributed by atoms with Gasteiger partial charge in [-0.25, -0.2) is 0 Å². The number of fused-ring (bicyclic) bond motifs is 1. The highest BCUT2D eigenvalue weighted by Gasteiger charge is 2.69. The van der Waals surface area contributed by atoms with Gasteiger partial charge in [-0.2, -0.15) is 26.3 Å². The van der Waals surface area contributed by atoms with Gasteiger partial charge in [-0.05, 0) is 97.7 Å². The van der Waals surface area contributed by atoms with Crippen LogP contribution in [0.1, 0.15) is 65.2 Å². The summed E-state index contributed by atoms with van der Waals surface area (Å²) < 4.78 is 77.9. The van der Waals surface area contributed by atoms with Gasteiger partial charge >= 0.3 is 12.4 Å². The Morgan fingerprint density at radius 2 is 1.76 bits per heavy atom. The van der Waals surface area contributed by atoms with Crippen molar-refractivity contribution in [2.75, 3.05) is 0 Å². The van der Waals surface area contributed by atoms with Crippen molar-refractivity contribution in [2.24, 2.45) is 29.1 Å². The van der Waals surface area contributed by atoms with Crippen LogP contribution in [0, 0.1) is 29.1 Å². The molecule has 0 aliphatic heterocycles. The molecule has 0 aromatic rings. The molecule has 0 aromatic carbocycles. The lowest BCUT2D eigenvalue weighted by atomic mass is 9.61. The van der Waals surface area contributed by atoms with Crippen molar-refractivity contribution in [3.05, 3.63) is 60.3 Å². The van der Waals surface area contributed by atoms with Crippen molar-refractivity contribution < 1.29 is 36.6 Å². The van der Waals surface area contributed by atoms with Gasteiger partial charge in [0.2, 0.25) is 0 Å². The summed E-state index contributed by atoms with van der Waals surface area (Å²) in [5.41, 5.74) is -1.91. The molecular weight excluding hydrogens is 494 g/mol. The van der Waals surface area contributed by atoms with E-state index in [0.717, 1.165) is 55.7 Å². The van der Waals surface area contributed by atoms with Crippen molar-refractivity contribution in [3.63, 3.8) is 0 Å². The Kier molecular flexibility index (Phi) is 8.65. The Morgan fingerprint density at radius 3 is 2.35 bits per heavy atom. The fraction of sp³-hybridized carbons (Fsp3) is 0.655. The van der Waals surface area contributed by atoms with Gasteiger partial charge in [0.05, 0.1) is 6.10 Å². The maximum atomic E-state index is 13.0. The summed E-state index contributed by atoms with van der Waals surface area (Å²) in [4.78, 5) is 0. The number of rotatable bonds is 6. The maximum absolute atomic E-state index is 13.0. The second-order valence-corrected chi connectivity index (χ2v) is 11.4. The molecule has 0 radical (unpaired) electrons. The summed E-state index contributed by atoms with van der Waals surface area (Å²) in [6.45, 7) is 12.0. The first-order valence-corrected chi connectivity index (χ1v) is 13.0. The molecule has 2 N–H and O–H groups in total. The Balaban J connectivity index is 1.76. The first-order chi connectivity index (χ1) is 17.0. The first-order valence-electron chi connectivity index (χ1n) is 13.0. The molecule has 0 heterocycles. The van der Waals surface area contributed by atoms with E-state index in [1.54, 1.807) is 0 Å². The summed E-state index contributed by atoms with van der Waals surface area (Å²) >= 11 is 0. The molecule has 2 nitrogen and oxygen atoms in total. The number of aliphatic hydroxyl groups excluding tert-OH is 1. The summed E-state index contributed by atoms with van der Waals surface area (Å²) in [5, 5.41) is 19.7. The molecule has 37 heavy (non-hydrogen) atoms. The predicted octanol–water partition coefficient (Wildman–Crippen LogP) is 8.01. The average Bonchev–Trinajstić information content (AvgIpc) is 3.15. The summed E-state index contributed by atoms with van der Waals surface area (Å²) in [5.74, 6) is 0.476. The van der Waals surface area contributed by atoms with Gasteiger partial charge < -0.3 is 10.2 Å². The zero-order chi connectivity index (χ0) is 27.8. The van der Waals surface area contributed by atoms with E-state index < -0.39 is 24.1 Å². The second kappa shape index (κ2) is 10.8. The van der Waals surface area contributed by atoms with E-state index >= 15 is 0 Å². The smallest absolute Gasteiger partial charge is 0.388 e. The van der Waals surface area contributed by atoms with Crippen LogP contribution in [0.15, 0.2) is 60.3 Å². The molecule has 3 rings (SSSR count). The van der Waals surface area contributed by atoms with Gasteiger partial charge in [0.1, 0.15) is 0 Å². The van der Waals surface area contributed by atoms with Gasteiger partial charge in [-0.3, -0.25) is 0 Å². The third kappa shape index (κ3) is 5.80. The Labute approximate surface area is 215 Å². The third-order valence-electron chi connectivity index (χ3n) is 9.11.